The first-order chi connectivity index (χ1) is 7.51. The zero-order valence-electron chi connectivity index (χ0n) is 10.4. The van der Waals surface area contributed by atoms with Crippen molar-refractivity contribution in [3.05, 3.63) is 18.2 Å². The molecule has 0 unspecified atom stereocenters. The van der Waals surface area contributed by atoms with Crippen LogP contribution < -0.4 is 10.6 Å². The molecule has 90 valence electrons. The summed E-state index contributed by atoms with van der Waals surface area (Å²) in [6.07, 6.45) is 3.58. The Morgan fingerprint density at radius 3 is 2.75 bits per heavy atom. The monoisotopic (exact) mass is 224 g/mol. The van der Waals surface area contributed by atoms with Crippen LogP contribution in [0.1, 0.15) is 19.5 Å². The number of rotatable bonds is 5. The van der Waals surface area contributed by atoms with Gasteiger partial charge in [0.1, 0.15) is 0 Å². The van der Waals surface area contributed by atoms with E-state index in [1.165, 1.54) is 0 Å². The highest BCUT2D eigenvalue weighted by atomic mass is 16.2. The molecule has 2 N–H and O–H groups in total. The predicted molar refractivity (Wildman–Crippen MR) is 62.8 cm³/mol. The summed E-state index contributed by atoms with van der Waals surface area (Å²) in [4.78, 5) is 15.8. The first kappa shape index (κ1) is 12.7. The van der Waals surface area contributed by atoms with Crippen molar-refractivity contribution < 1.29 is 4.79 Å². The van der Waals surface area contributed by atoms with E-state index in [0.29, 0.717) is 6.54 Å². The van der Waals surface area contributed by atoms with Crippen LogP contribution >= 0.6 is 0 Å². The molecule has 0 aliphatic heterocycles. The number of nitrogens with one attached hydrogen (secondary N) is 2. The molecule has 1 amide bonds. The van der Waals surface area contributed by atoms with Crippen LogP contribution in [0.5, 0.6) is 0 Å². The topological polar surface area (TPSA) is 59.0 Å². The number of imidazole rings is 1. The van der Waals surface area contributed by atoms with Gasteiger partial charge in [-0.1, -0.05) is 0 Å². The van der Waals surface area contributed by atoms with Crippen LogP contribution in [-0.4, -0.2) is 29.6 Å². The first-order valence-electron chi connectivity index (χ1n) is 5.37. The van der Waals surface area contributed by atoms with Gasteiger partial charge in [-0.3, -0.25) is 4.79 Å². The summed E-state index contributed by atoms with van der Waals surface area (Å²) in [6.45, 7) is 5.23. The van der Waals surface area contributed by atoms with E-state index in [0.717, 1.165) is 12.2 Å². The molecule has 1 aromatic heterocycles. The maximum Gasteiger partial charge on any atom is 0.227 e. The van der Waals surface area contributed by atoms with E-state index in [1.807, 2.05) is 31.7 Å². The molecule has 0 bridgehead atoms. The fourth-order valence-electron chi connectivity index (χ4n) is 1.65. The van der Waals surface area contributed by atoms with Gasteiger partial charge in [0, 0.05) is 26.3 Å². The van der Waals surface area contributed by atoms with E-state index in [1.54, 1.807) is 13.4 Å². The Morgan fingerprint density at radius 1 is 1.50 bits per heavy atom. The zero-order chi connectivity index (χ0) is 12.2. The molecule has 0 radical (unpaired) electrons. The van der Waals surface area contributed by atoms with Gasteiger partial charge in [0.2, 0.25) is 5.91 Å². The van der Waals surface area contributed by atoms with Crippen LogP contribution in [0.25, 0.3) is 0 Å². The van der Waals surface area contributed by atoms with E-state index in [2.05, 4.69) is 15.6 Å². The van der Waals surface area contributed by atoms with Crippen molar-refractivity contribution in [2.75, 3.05) is 14.1 Å². The van der Waals surface area contributed by atoms with Crippen LogP contribution in [0.4, 0.5) is 0 Å². The number of hydrogen-bond donors (Lipinski definition) is 2. The highest BCUT2D eigenvalue weighted by Crippen LogP contribution is 2.19. The molecule has 0 saturated carbocycles. The lowest BCUT2D eigenvalue weighted by atomic mass is 9.92. The summed E-state index contributed by atoms with van der Waals surface area (Å²) < 4.78 is 2.01. The van der Waals surface area contributed by atoms with Crippen LogP contribution in [0.15, 0.2) is 12.5 Å². The molecule has 1 rings (SSSR count). The van der Waals surface area contributed by atoms with Gasteiger partial charge in [0.05, 0.1) is 17.4 Å². The zero-order valence-corrected chi connectivity index (χ0v) is 10.4. The normalized spacial score (nSPS) is 11.5. The second kappa shape index (κ2) is 5.12. The van der Waals surface area contributed by atoms with E-state index in [-0.39, 0.29) is 5.91 Å². The highest BCUT2D eigenvalue weighted by Gasteiger charge is 2.27. The number of carbonyl (C=O) groups excluding carboxylic acids is 1. The standard InChI is InChI=1S/C11H20N4O/c1-11(2,10(16)13-4)7-15-8-14-6-9(15)5-12-3/h6,8,12H,5,7H2,1-4H3,(H,13,16). The SMILES string of the molecule is CNCc1cncn1CC(C)(C)C(=O)NC. The van der Waals surface area contributed by atoms with E-state index in [9.17, 15) is 4.79 Å². The largest absolute Gasteiger partial charge is 0.359 e. The molecule has 0 aromatic carbocycles. The maximum atomic E-state index is 11.7. The Kier molecular flexibility index (Phi) is 4.06. The average molecular weight is 224 g/mol. The van der Waals surface area contributed by atoms with E-state index < -0.39 is 5.41 Å². The van der Waals surface area contributed by atoms with Gasteiger partial charge < -0.3 is 15.2 Å². The third-order valence-electron chi connectivity index (χ3n) is 2.56. The van der Waals surface area contributed by atoms with Crippen LogP contribution in [0.2, 0.25) is 0 Å². The molecule has 5 heteroatoms. The van der Waals surface area contributed by atoms with Gasteiger partial charge in [-0.2, -0.15) is 0 Å². The molecule has 0 saturated heterocycles. The molecular weight excluding hydrogens is 204 g/mol. The van der Waals surface area contributed by atoms with Crippen molar-refractivity contribution >= 4 is 5.91 Å². The number of carbonyl (C=O) groups is 1. The summed E-state index contributed by atoms with van der Waals surface area (Å²) in [5.74, 6) is 0.0385. The lowest BCUT2D eigenvalue weighted by molar-refractivity contribution is -0.129. The van der Waals surface area contributed by atoms with Crippen LogP contribution in [0.3, 0.4) is 0 Å². The third kappa shape index (κ3) is 2.82. The summed E-state index contributed by atoms with van der Waals surface area (Å²) in [5, 5.41) is 5.76. The van der Waals surface area contributed by atoms with Crippen molar-refractivity contribution in [1.82, 2.24) is 20.2 Å². The van der Waals surface area contributed by atoms with E-state index in [4.69, 9.17) is 0 Å². The third-order valence-corrected chi connectivity index (χ3v) is 2.56. The van der Waals surface area contributed by atoms with Crippen molar-refractivity contribution in [3.63, 3.8) is 0 Å². The Balaban J connectivity index is 2.79. The number of aromatic nitrogens is 2. The fraction of sp³-hybridized carbons (Fsp3) is 0.636. The molecule has 16 heavy (non-hydrogen) atoms. The maximum absolute atomic E-state index is 11.7. The van der Waals surface area contributed by atoms with Gasteiger partial charge >= 0.3 is 0 Å². The lowest BCUT2D eigenvalue weighted by Crippen LogP contribution is -2.38. The van der Waals surface area contributed by atoms with Crippen LogP contribution in [0, 0.1) is 5.41 Å². The Hall–Kier alpha value is -1.36. The molecule has 1 aromatic rings. The second-order valence-corrected chi connectivity index (χ2v) is 4.51. The Morgan fingerprint density at radius 2 is 2.19 bits per heavy atom. The molecule has 0 fully saturated rings. The van der Waals surface area contributed by atoms with Crippen molar-refractivity contribution in [2.24, 2.45) is 5.41 Å². The smallest absolute Gasteiger partial charge is 0.227 e. The summed E-state index contributed by atoms with van der Waals surface area (Å²) in [7, 11) is 3.55. The van der Waals surface area contributed by atoms with Crippen molar-refractivity contribution in [3.8, 4) is 0 Å². The Labute approximate surface area is 96.3 Å². The quantitative estimate of drug-likeness (QED) is 0.760. The molecular formula is C11H20N4O. The van der Waals surface area contributed by atoms with Crippen molar-refractivity contribution in [2.45, 2.75) is 26.9 Å². The highest BCUT2D eigenvalue weighted by molar-refractivity contribution is 5.81. The minimum absolute atomic E-state index is 0.0385. The number of amides is 1. The number of hydrogen-bond acceptors (Lipinski definition) is 3. The second-order valence-electron chi connectivity index (χ2n) is 4.51. The molecule has 0 aliphatic rings. The Bertz CT molecular complexity index is 357. The molecule has 5 nitrogen and oxygen atoms in total. The average Bonchev–Trinajstić information content (AvgIpc) is 2.64. The first-order valence-corrected chi connectivity index (χ1v) is 5.37. The fourth-order valence-corrected chi connectivity index (χ4v) is 1.65. The van der Waals surface area contributed by atoms with Gasteiger partial charge in [-0.05, 0) is 20.9 Å². The van der Waals surface area contributed by atoms with Crippen molar-refractivity contribution in [1.29, 1.82) is 0 Å². The van der Waals surface area contributed by atoms with Gasteiger partial charge in [-0.25, -0.2) is 4.98 Å². The minimum atomic E-state index is -0.433. The van der Waals surface area contributed by atoms with Gasteiger partial charge in [-0.15, -0.1) is 0 Å². The van der Waals surface area contributed by atoms with E-state index >= 15 is 0 Å². The van der Waals surface area contributed by atoms with Gasteiger partial charge in [0.25, 0.3) is 0 Å². The minimum Gasteiger partial charge on any atom is -0.359 e. The summed E-state index contributed by atoms with van der Waals surface area (Å²) >= 11 is 0. The summed E-state index contributed by atoms with van der Waals surface area (Å²) in [5.41, 5.74) is 0.650. The predicted octanol–water partition coefficient (Wildman–Crippen LogP) is 0.375. The molecule has 1 heterocycles. The van der Waals surface area contributed by atoms with Gasteiger partial charge in [0.15, 0.2) is 0 Å². The molecule has 0 spiro atoms. The van der Waals surface area contributed by atoms with Crippen LogP contribution in [-0.2, 0) is 17.9 Å². The number of nitrogens with zero attached hydrogens (tertiary/aromatic N) is 2. The molecule has 0 aliphatic carbocycles. The molecule has 0 atom stereocenters. The summed E-state index contributed by atoms with van der Waals surface area (Å²) in [6, 6.07) is 0. The lowest BCUT2D eigenvalue weighted by Gasteiger charge is -2.24.